The van der Waals surface area contributed by atoms with Gasteiger partial charge in [-0.25, -0.2) is 14.8 Å². The number of aromatic nitrogens is 2. The zero-order valence-electron chi connectivity index (χ0n) is 8.52. The van der Waals surface area contributed by atoms with Crippen molar-refractivity contribution in [1.82, 2.24) is 9.97 Å². The van der Waals surface area contributed by atoms with E-state index < -0.39 is 5.97 Å². The first kappa shape index (κ1) is 9.58. The van der Waals surface area contributed by atoms with Crippen LogP contribution in [0, 0.1) is 6.92 Å². The third kappa shape index (κ3) is 1.66. The molecule has 4 nitrogen and oxygen atoms in total. The van der Waals surface area contributed by atoms with E-state index in [0.717, 1.165) is 16.6 Å². The predicted molar refractivity (Wildman–Crippen MR) is 55.6 cm³/mol. The number of carbonyl (C=O) groups excluding carboxylic acids is 1. The van der Waals surface area contributed by atoms with Crippen LogP contribution in [0.3, 0.4) is 0 Å². The summed E-state index contributed by atoms with van der Waals surface area (Å²) in [7, 11) is 1.32. The molecule has 2 rings (SSSR count). The largest absolute Gasteiger partial charge is 0.463 e. The van der Waals surface area contributed by atoms with Crippen molar-refractivity contribution in [2.75, 3.05) is 7.11 Å². The first-order chi connectivity index (χ1) is 7.22. The fraction of sp³-hybridized carbons (Fsp3) is 0.182. The minimum atomic E-state index is -0.510. The van der Waals surface area contributed by atoms with Gasteiger partial charge in [0.05, 0.1) is 12.6 Å². The summed E-state index contributed by atoms with van der Waals surface area (Å²) in [6.45, 7) is 1.84. The Morgan fingerprint density at radius 2 is 2.00 bits per heavy atom. The monoisotopic (exact) mass is 202 g/mol. The highest BCUT2D eigenvalue weighted by molar-refractivity contribution is 5.89. The Bertz CT molecular complexity index is 523. The summed E-state index contributed by atoms with van der Waals surface area (Å²) in [5.41, 5.74) is 1.53. The molecule has 0 radical (unpaired) electrons. The zero-order valence-corrected chi connectivity index (χ0v) is 8.52. The molecule has 0 spiro atoms. The summed E-state index contributed by atoms with van der Waals surface area (Å²) in [6.07, 6.45) is 0. The molecule has 1 heterocycles. The maximum absolute atomic E-state index is 11.3. The molecule has 0 saturated heterocycles. The topological polar surface area (TPSA) is 52.1 Å². The van der Waals surface area contributed by atoms with Gasteiger partial charge in [-0.3, -0.25) is 0 Å². The molecule has 1 aromatic heterocycles. The molecule has 4 heteroatoms. The number of esters is 1. The number of para-hydroxylation sites is 1. The molecule has 0 bridgehead atoms. The quantitative estimate of drug-likeness (QED) is 0.661. The number of rotatable bonds is 1. The standard InChI is InChI=1S/C11H10N2O2/c1-7-8-5-3-4-6-9(8)13-10(12-7)11(14)15-2/h3-6H,1-2H3. The van der Waals surface area contributed by atoms with E-state index in [1.54, 1.807) is 0 Å². The Hall–Kier alpha value is -1.97. The lowest BCUT2D eigenvalue weighted by Crippen LogP contribution is -2.08. The van der Waals surface area contributed by atoms with Gasteiger partial charge in [0, 0.05) is 11.1 Å². The molecule has 15 heavy (non-hydrogen) atoms. The lowest BCUT2D eigenvalue weighted by atomic mass is 10.2. The lowest BCUT2D eigenvalue weighted by molar-refractivity contribution is 0.0587. The average Bonchev–Trinajstić information content (AvgIpc) is 2.28. The van der Waals surface area contributed by atoms with Crippen molar-refractivity contribution >= 4 is 16.9 Å². The van der Waals surface area contributed by atoms with Crippen molar-refractivity contribution in [2.45, 2.75) is 6.92 Å². The normalized spacial score (nSPS) is 10.3. The van der Waals surface area contributed by atoms with E-state index >= 15 is 0 Å². The number of hydrogen-bond donors (Lipinski definition) is 0. The van der Waals surface area contributed by atoms with E-state index in [1.165, 1.54) is 7.11 Å². The SMILES string of the molecule is COC(=O)c1nc(C)c2ccccc2n1. The molecule has 2 aromatic rings. The number of hydrogen-bond acceptors (Lipinski definition) is 4. The first-order valence-electron chi connectivity index (χ1n) is 4.54. The van der Waals surface area contributed by atoms with Gasteiger partial charge < -0.3 is 4.74 Å². The summed E-state index contributed by atoms with van der Waals surface area (Å²) in [4.78, 5) is 19.5. The summed E-state index contributed by atoms with van der Waals surface area (Å²) >= 11 is 0. The summed E-state index contributed by atoms with van der Waals surface area (Å²) in [5, 5.41) is 0.949. The molecule has 0 amide bonds. The second-order valence-electron chi connectivity index (χ2n) is 3.14. The lowest BCUT2D eigenvalue weighted by Gasteiger charge is -2.03. The highest BCUT2D eigenvalue weighted by Crippen LogP contribution is 2.14. The molecular weight excluding hydrogens is 192 g/mol. The minimum Gasteiger partial charge on any atom is -0.463 e. The molecule has 0 fully saturated rings. The predicted octanol–water partition coefficient (Wildman–Crippen LogP) is 1.72. The summed E-state index contributed by atoms with van der Waals surface area (Å²) < 4.78 is 4.58. The molecule has 0 N–H and O–H groups in total. The van der Waals surface area contributed by atoms with Crippen molar-refractivity contribution < 1.29 is 9.53 Å². The van der Waals surface area contributed by atoms with Crippen LogP contribution in [0.4, 0.5) is 0 Å². The smallest absolute Gasteiger partial charge is 0.376 e. The van der Waals surface area contributed by atoms with E-state index in [-0.39, 0.29) is 5.82 Å². The third-order valence-corrected chi connectivity index (χ3v) is 2.16. The van der Waals surface area contributed by atoms with E-state index in [0.29, 0.717) is 0 Å². The van der Waals surface area contributed by atoms with Crippen LogP contribution in [-0.2, 0) is 4.74 Å². The number of aryl methyl sites for hydroxylation is 1. The first-order valence-corrected chi connectivity index (χ1v) is 4.54. The van der Waals surface area contributed by atoms with Gasteiger partial charge in [-0.2, -0.15) is 0 Å². The van der Waals surface area contributed by atoms with E-state index in [4.69, 9.17) is 0 Å². The molecule has 0 unspecified atom stereocenters. The summed E-state index contributed by atoms with van der Waals surface area (Å²) in [5.74, 6) is -0.405. The second-order valence-corrected chi connectivity index (χ2v) is 3.14. The van der Waals surface area contributed by atoms with Gasteiger partial charge in [-0.1, -0.05) is 18.2 Å². The molecule has 1 aromatic carbocycles. The molecule has 0 aliphatic rings. The van der Waals surface area contributed by atoms with Crippen LogP contribution in [0.5, 0.6) is 0 Å². The fourth-order valence-corrected chi connectivity index (χ4v) is 1.42. The van der Waals surface area contributed by atoms with Crippen LogP contribution in [-0.4, -0.2) is 23.0 Å². The number of fused-ring (bicyclic) bond motifs is 1. The highest BCUT2D eigenvalue weighted by atomic mass is 16.5. The minimum absolute atomic E-state index is 0.105. The Morgan fingerprint density at radius 3 is 2.73 bits per heavy atom. The Morgan fingerprint density at radius 1 is 1.27 bits per heavy atom. The van der Waals surface area contributed by atoms with Crippen LogP contribution < -0.4 is 0 Å². The molecule has 76 valence electrons. The average molecular weight is 202 g/mol. The molecule has 0 aliphatic carbocycles. The molecule has 0 aliphatic heterocycles. The number of nitrogens with zero attached hydrogens (tertiary/aromatic N) is 2. The number of methoxy groups -OCH3 is 1. The van der Waals surface area contributed by atoms with E-state index in [2.05, 4.69) is 14.7 Å². The summed E-state index contributed by atoms with van der Waals surface area (Å²) in [6, 6.07) is 7.55. The van der Waals surface area contributed by atoms with Gasteiger partial charge in [-0.05, 0) is 13.0 Å². The molecule has 0 atom stereocenters. The van der Waals surface area contributed by atoms with Crippen LogP contribution in [0.1, 0.15) is 16.3 Å². The Labute approximate surface area is 86.9 Å². The molecule has 0 saturated carbocycles. The van der Waals surface area contributed by atoms with Crippen LogP contribution in [0.2, 0.25) is 0 Å². The van der Waals surface area contributed by atoms with Crippen LogP contribution in [0.25, 0.3) is 10.9 Å². The van der Waals surface area contributed by atoms with Crippen LogP contribution >= 0.6 is 0 Å². The fourth-order valence-electron chi connectivity index (χ4n) is 1.42. The zero-order chi connectivity index (χ0) is 10.8. The number of ether oxygens (including phenoxy) is 1. The van der Waals surface area contributed by atoms with Crippen molar-refractivity contribution in [1.29, 1.82) is 0 Å². The van der Waals surface area contributed by atoms with Crippen molar-refractivity contribution in [3.05, 3.63) is 35.8 Å². The van der Waals surface area contributed by atoms with Crippen molar-refractivity contribution in [3.8, 4) is 0 Å². The Balaban J connectivity index is 2.67. The van der Waals surface area contributed by atoms with Crippen molar-refractivity contribution in [2.24, 2.45) is 0 Å². The van der Waals surface area contributed by atoms with Gasteiger partial charge in [0.1, 0.15) is 0 Å². The molecular formula is C11H10N2O2. The van der Waals surface area contributed by atoms with Gasteiger partial charge in [0.25, 0.3) is 0 Å². The van der Waals surface area contributed by atoms with E-state index in [9.17, 15) is 4.79 Å². The van der Waals surface area contributed by atoms with Gasteiger partial charge in [0.2, 0.25) is 5.82 Å². The second kappa shape index (κ2) is 3.65. The number of carbonyl (C=O) groups is 1. The number of benzene rings is 1. The van der Waals surface area contributed by atoms with Gasteiger partial charge in [-0.15, -0.1) is 0 Å². The Kier molecular flexibility index (Phi) is 2.33. The highest BCUT2D eigenvalue weighted by Gasteiger charge is 2.11. The third-order valence-electron chi connectivity index (χ3n) is 2.16. The van der Waals surface area contributed by atoms with Crippen LogP contribution in [0.15, 0.2) is 24.3 Å². The van der Waals surface area contributed by atoms with Crippen molar-refractivity contribution in [3.63, 3.8) is 0 Å². The van der Waals surface area contributed by atoms with Gasteiger partial charge in [0.15, 0.2) is 0 Å². The maximum Gasteiger partial charge on any atom is 0.376 e. The maximum atomic E-state index is 11.3. The van der Waals surface area contributed by atoms with E-state index in [1.807, 2.05) is 31.2 Å². The van der Waals surface area contributed by atoms with Gasteiger partial charge >= 0.3 is 5.97 Å².